The number of nitriles is 1. The topological polar surface area (TPSA) is 27.0 Å². The van der Waals surface area contributed by atoms with Gasteiger partial charge in [0.25, 0.3) is 0 Å². The van der Waals surface area contributed by atoms with Crippen LogP contribution in [0, 0.1) is 11.3 Å². The monoisotopic (exact) mass is 226 g/mol. The Labute approximate surface area is 103 Å². The molecular formula is C15H18N2. The standard InChI is InChI=1S/C15H18N2/c16-11-12-4-7-15(14(10-12)13-5-6-13)17-8-2-1-3-9-17/h4,7,10,13H,1-3,5-6,8-9H2. The maximum atomic E-state index is 9.00. The van der Waals surface area contributed by atoms with E-state index in [0.29, 0.717) is 0 Å². The lowest BCUT2D eigenvalue weighted by atomic mass is 10.0. The normalized spacial score (nSPS) is 20.1. The highest BCUT2D eigenvalue weighted by molar-refractivity contribution is 5.59. The second kappa shape index (κ2) is 4.41. The van der Waals surface area contributed by atoms with Crippen molar-refractivity contribution >= 4 is 5.69 Å². The molecule has 17 heavy (non-hydrogen) atoms. The highest BCUT2D eigenvalue weighted by atomic mass is 15.1. The average molecular weight is 226 g/mol. The zero-order valence-electron chi connectivity index (χ0n) is 10.2. The summed E-state index contributed by atoms with van der Waals surface area (Å²) in [5.74, 6) is 0.722. The van der Waals surface area contributed by atoms with Gasteiger partial charge in [-0.15, -0.1) is 0 Å². The number of hydrogen-bond acceptors (Lipinski definition) is 2. The Morgan fingerprint density at radius 2 is 1.88 bits per heavy atom. The zero-order valence-corrected chi connectivity index (χ0v) is 10.2. The van der Waals surface area contributed by atoms with Gasteiger partial charge in [0.1, 0.15) is 0 Å². The van der Waals surface area contributed by atoms with Crippen molar-refractivity contribution in [2.45, 2.75) is 38.0 Å². The predicted octanol–water partition coefficient (Wildman–Crippen LogP) is 3.43. The van der Waals surface area contributed by atoms with E-state index in [1.165, 1.54) is 56.4 Å². The molecule has 1 aliphatic carbocycles. The summed E-state index contributed by atoms with van der Waals surface area (Å²) in [6.45, 7) is 2.37. The summed E-state index contributed by atoms with van der Waals surface area (Å²) in [5, 5.41) is 9.00. The van der Waals surface area contributed by atoms with Crippen LogP contribution in [0.15, 0.2) is 18.2 Å². The van der Waals surface area contributed by atoms with Crippen LogP contribution < -0.4 is 4.90 Å². The molecule has 88 valence electrons. The van der Waals surface area contributed by atoms with Gasteiger partial charge in [-0.1, -0.05) is 0 Å². The minimum absolute atomic E-state index is 0.722. The van der Waals surface area contributed by atoms with E-state index < -0.39 is 0 Å². The second-order valence-electron chi connectivity index (χ2n) is 5.21. The maximum Gasteiger partial charge on any atom is 0.0991 e. The third kappa shape index (κ3) is 2.15. The first-order chi connectivity index (χ1) is 8.38. The Kier molecular flexibility index (Phi) is 2.76. The van der Waals surface area contributed by atoms with Gasteiger partial charge in [0.15, 0.2) is 0 Å². The van der Waals surface area contributed by atoms with Crippen LogP contribution in [0.5, 0.6) is 0 Å². The van der Waals surface area contributed by atoms with Gasteiger partial charge in [-0.05, 0) is 61.8 Å². The van der Waals surface area contributed by atoms with Crippen LogP contribution in [0.3, 0.4) is 0 Å². The number of nitrogens with zero attached hydrogens (tertiary/aromatic N) is 2. The molecule has 1 aromatic rings. The smallest absolute Gasteiger partial charge is 0.0991 e. The predicted molar refractivity (Wildman–Crippen MR) is 69.2 cm³/mol. The van der Waals surface area contributed by atoms with E-state index in [1.807, 2.05) is 6.07 Å². The molecule has 0 atom stereocenters. The van der Waals surface area contributed by atoms with Crippen LogP contribution in [0.1, 0.15) is 49.1 Å². The molecular weight excluding hydrogens is 208 g/mol. The van der Waals surface area contributed by atoms with Crippen molar-refractivity contribution in [3.8, 4) is 6.07 Å². The van der Waals surface area contributed by atoms with Gasteiger partial charge in [0.2, 0.25) is 0 Å². The van der Waals surface area contributed by atoms with Crippen LogP contribution in [0.25, 0.3) is 0 Å². The molecule has 0 N–H and O–H groups in total. The Morgan fingerprint density at radius 3 is 2.53 bits per heavy atom. The molecule has 0 unspecified atom stereocenters. The molecule has 2 aliphatic rings. The number of benzene rings is 1. The summed E-state index contributed by atoms with van der Waals surface area (Å²) in [4.78, 5) is 2.51. The third-order valence-electron chi connectivity index (χ3n) is 3.87. The minimum atomic E-state index is 0.722. The molecule has 0 spiro atoms. The van der Waals surface area contributed by atoms with Crippen molar-refractivity contribution < 1.29 is 0 Å². The minimum Gasteiger partial charge on any atom is -0.371 e. The van der Waals surface area contributed by atoms with Gasteiger partial charge < -0.3 is 4.90 Å². The SMILES string of the molecule is N#Cc1ccc(N2CCCCC2)c(C2CC2)c1. The largest absolute Gasteiger partial charge is 0.371 e. The zero-order chi connectivity index (χ0) is 11.7. The fourth-order valence-electron chi connectivity index (χ4n) is 2.77. The summed E-state index contributed by atoms with van der Waals surface area (Å²) in [5.41, 5.74) is 3.63. The molecule has 1 heterocycles. The van der Waals surface area contributed by atoms with Crippen molar-refractivity contribution in [3.63, 3.8) is 0 Å². The molecule has 1 aliphatic heterocycles. The van der Waals surface area contributed by atoms with E-state index in [1.54, 1.807) is 0 Å². The molecule has 2 fully saturated rings. The molecule has 2 nitrogen and oxygen atoms in total. The van der Waals surface area contributed by atoms with Gasteiger partial charge in [-0.25, -0.2) is 0 Å². The molecule has 0 bridgehead atoms. The number of anilines is 1. The van der Waals surface area contributed by atoms with Crippen LogP contribution in [0.2, 0.25) is 0 Å². The summed E-state index contributed by atoms with van der Waals surface area (Å²) in [6, 6.07) is 8.51. The van der Waals surface area contributed by atoms with Gasteiger partial charge in [0.05, 0.1) is 11.6 Å². The summed E-state index contributed by atoms with van der Waals surface area (Å²) in [6.07, 6.45) is 6.59. The van der Waals surface area contributed by atoms with Crippen molar-refractivity contribution in [2.24, 2.45) is 0 Å². The molecule has 1 saturated carbocycles. The fourth-order valence-corrected chi connectivity index (χ4v) is 2.77. The van der Waals surface area contributed by atoms with Crippen molar-refractivity contribution in [1.82, 2.24) is 0 Å². The summed E-state index contributed by atoms with van der Waals surface area (Å²) >= 11 is 0. The second-order valence-corrected chi connectivity index (χ2v) is 5.21. The molecule has 3 rings (SSSR count). The first kappa shape index (κ1) is 10.7. The van der Waals surface area contributed by atoms with Crippen LogP contribution in [-0.2, 0) is 0 Å². The van der Waals surface area contributed by atoms with Crippen molar-refractivity contribution in [3.05, 3.63) is 29.3 Å². The van der Waals surface area contributed by atoms with Crippen LogP contribution in [0.4, 0.5) is 5.69 Å². The molecule has 1 saturated heterocycles. The lowest BCUT2D eigenvalue weighted by molar-refractivity contribution is 0.576. The van der Waals surface area contributed by atoms with Crippen molar-refractivity contribution in [1.29, 1.82) is 5.26 Å². The molecule has 2 heteroatoms. The molecule has 0 amide bonds. The summed E-state index contributed by atoms with van der Waals surface area (Å²) < 4.78 is 0. The van der Waals surface area contributed by atoms with E-state index in [0.717, 1.165) is 11.5 Å². The van der Waals surface area contributed by atoms with Crippen LogP contribution in [-0.4, -0.2) is 13.1 Å². The number of rotatable bonds is 2. The van der Waals surface area contributed by atoms with E-state index in [2.05, 4.69) is 23.1 Å². The van der Waals surface area contributed by atoms with Gasteiger partial charge >= 0.3 is 0 Å². The number of hydrogen-bond donors (Lipinski definition) is 0. The first-order valence-electron chi connectivity index (χ1n) is 6.67. The Hall–Kier alpha value is -1.49. The Morgan fingerprint density at radius 1 is 1.12 bits per heavy atom. The van der Waals surface area contributed by atoms with Gasteiger partial charge in [0, 0.05) is 18.8 Å². The number of piperidine rings is 1. The highest BCUT2D eigenvalue weighted by Gasteiger charge is 2.28. The fraction of sp³-hybridized carbons (Fsp3) is 0.533. The van der Waals surface area contributed by atoms with E-state index in [4.69, 9.17) is 5.26 Å². The maximum absolute atomic E-state index is 9.00. The van der Waals surface area contributed by atoms with Crippen molar-refractivity contribution in [2.75, 3.05) is 18.0 Å². The van der Waals surface area contributed by atoms with Crippen LogP contribution >= 0.6 is 0 Å². The lowest BCUT2D eigenvalue weighted by Crippen LogP contribution is -2.30. The van der Waals surface area contributed by atoms with E-state index >= 15 is 0 Å². The Bertz CT molecular complexity index is 448. The van der Waals surface area contributed by atoms with Gasteiger partial charge in [-0.3, -0.25) is 0 Å². The first-order valence-corrected chi connectivity index (χ1v) is 6.67. The highest BCUT2D eigenvalue weighted by Crippen LogP contribution is 2.45. The third-order valence-corrected chi connectivity index (χ3v) is 3.87. The van der Waals surface area contributed by atoms with E-state index in [9.17, 15) is 0 Å². The molecule has 0 aromatic heterocycles. The van der Waals surface area contributed by atoms with E-state index in [-0.39, 0.29) is 0 Å². The average Bonchev–Trinajstić information content (AvgIpc) is 3.23. The summed E-state index contributed by atoms with van der Waals surface area (Å²) in [7, 11) is 0. The lowest BCUT2D eigenvalue weighted by Gasteiger charge is -2.30. The Balaban J connectivity index is 1.94. The molecule has 0 radical (unpaired) electrons. The quantitative estimate of drug-likeness (QED) is 0.772. The van der Waals surface area contributed by atoms with Gasteiger partial charge in [-0.2, -0.15) is 5.26 Å². The molecule has 1 aromatic carbocycles.